The second-order valence-electron chi connectivity index (χ2n) is 5.93. The summed E-state index contributed by atoms with van der Waals surface area (Å²) in [5, 5.41) is 8.96. The molecule has 1 aromatic rings. The van der Waals surface area contributed by atoms with Crippen molar-refractivity contribution in [2.24, 2.45) is 11.3 Å². The van der Waals surface area contributed by atoms with E-state index in [0.29, 0.717) is 23.1 Å². The van der Waals surface area contributed by atoms with Crippen molar-refractivity contribution in [3.63, 3.8) is 0 Å². The van der Waals surface area contributed by atoms with Crippen LogP contribution >= 0.6 is 0 Å². The Hall–Kier alpha value is -1.67. The summed E-state index contributed by atoms with van der Waals surface area (Å²) in [6.45, 7) is 2.71. The SMILES string of the molecule is N#Cc1cncc(N2CC3(CCC3)C3COCC32)n1. The van der Waals surface area contributed by atoms with Gasteiger partial charge in [-0.05, 0) is 18.3 Å². The maximum Gasteiger partial charge on any atom is 0.161 e. The zero-order valence-corrected chi connectivity index (χ0v) is 10.7. The molecule has 1 aliphatic carbocycles. The van der Waals surface area contributed by atoms with Gasteiger partial charge in [-0.1, -0.05) is 6.42 Å². The number of nitrogens with zero attached hydrogens (tertiary/aromatic N) is 4. The lowest BCUT2D eigenvalue weighted by Crippen LogP contribution is -2.38. The van der Waals surface area contributed by atoms with Gasteiger partial charge in [0.05, 0.1) is 31.6 Å². The Morgan fingerprint density at radius 2 is 2.26 bits per heavy atom. The van der Waals surface area contributed by atoms with Gasteiger partial charge in [0.1, 0.15) is 11.9 Å². The van der Waals surface area contributed by atoms with E-state index in [1.165, 1.54) is 25.5 Å². The number of aromatic nitrogens is 2. The minimum absolute atomic E-state index is 0.391. The van der Waals surface area contributed by atoms with Gasteiger partial charge < -0.3 is 9.64 Å². The molecule has 2 aliphatic heterocycles. The molecule has 5 heteroatoms. The fourth-order valence-corrected chi connectivity index (χ4v) is 3.97. The molecule has 1 aromatic heterocycles. The van der Waals surface area contributed by atoms with Crippen LogP contribution in [0.1, 0.15) is 25.0 Å². The van der Waals surface area contributed by atoms with Gasteiger partial charge in [-0.2, -0.15) is 5.26 Å². The van der Waals surface area contributed by atoms with Crippen LogP contribution in [0.15, 0.2) is 12.4 Å². The van der Waals surface area contributed by atoms with Crippen LogP contribution in [0, 0.1) is 22.7 Å². The molecular weight excluding hydrogens is 240 g/mol. The third-order valence-electron chi connectivity index (χ3n) is 5.10. The molecule has 0 amide bonds. The molecule has 0 aromatic carbocycles. The van der Waals surface area contributed by atoms with Crippen LogP contribution in [0.2, 0.25) is 0 Å². The van der Waals surface area contributed by atoms with E-state index in [-0.39, 0.29) is 0 Å². The van der Waals surface area contributed by atoms with E-state index >= 15 is 0 Å². The van der Waals surface area contributed by atoms with Gasteiger partial charge >= 0.3 is 0 Å². The van der Waals surface area contributed by atoms with Crippen molar-refractivity contribution >= 4 is 5.82 Å². The minimum atomic E-state index is 0.391. The van der Waals surface area contributed by atoms with Crippen molar-refractivity contribution in [3.05, 3.63) is 18.1 Å². The summed E-state index contributed by atoms with van der Waals surface area (Å²) in [7, 11) is 0. The first-order chi connectivity index (χ1) is 9.32. The van der Waals surface area contributed by atoms with Crippen molar-refractivity contribution in [1.29, 1.82) is 5.26 Å². The Kier molecular flexibility index (Phi) is 2.30. The molecule has 1 saturated carbocycles. The van der Waals surface area contributed by atoms with Crippen molar-refractivity contribution in [2.45, 2.75) is 25.3 Å². The molecule has 2 atom stereocenters. The predicted molar refractivity (Wildman–Crippen MR) is 68.5 cm³/mol. The lowest BCUT2D eigenvalue weighted by Gasteiger charge is -2.42. The first-order valence-corrected chi connectivity index (χ1v) is 6.89. The van der Waals surface area contributed by atoms with E-state index in [1.807, 2.05) is 0 Å². The third kappa shape index (κ3) is 1.50. The molecule has 0 radical (unpaired) electrons. The van der Waals surface area contributed by atoms with Crippen molar-refractivity contribution in [1.82, 2.24) is 9.97 Å². The number of hydrogen-bond donors (Lipinski definition) is 0. The first kappa shape index (κ1) is 11.2. The molecule has 3 fully saturated rings. The zero-order chi connectivity index (χ0) is 12.9. The smallest absolute Gasteiger partial charge is 0.161 e. The highest BCUT2D eigenvalue weighted by Crippen LogP contribution is 2.56. The summed E-state index contributed by atoms with van der Waals surface area (Å²) >= 11 is 0. The van der Waals surface area contributed by atoms with E-state index in [1.54, 1.807) is 6.20 Å². The summed E-state index contributed by atoms with van der Waals surface area (Å²) in [5.41, 5.74) is 0.827. The topological polar surface area (TPSA) is 62.0 Å². The van der Waals surface area contributed by atoms with Gasteiger partial charge in [0.2, 0.25) is 0 Å². The predicted octanol–water partition coefficient (Wildman–Crippen LogP) is 1.35. The molecule has 2 unspecified atom stereocenters. The van der Waals surface area contributed by atoms with Crippen LogP contribution in [-0.2, 0) is 4.74 Å². The second kappa shape index (κ2) is 3.91. The van der Waals surface area contributed by atoms with Gasteiger partial charge in [0.15, 0.2) is 5.69 Å². The highest BCUT2D eigenvalue weighted by molar-refractivity contribution is 5.44. The summed E-state index contributed by atoms with van der Waals surface area (Å²) < 4.78 is 5.70. The lowest BCUT2D eigenvalue weighted by molar-refractivity contribution is 0.0672. The van der Waals surface area contributed by atoms with Crippen LogP contribution < -0.4 is 4.90 Å². The number of nitriles is 1. The molecule has 4 rings (SSSR count). The highest BCUT2D eigenvalue weighted by atomic mass is 16.5. The number of rotatable bonds is 1. The Morgan fingerprint density at radius 3 is 3.00 bits per heavy atom. The second-order valence-corrected chi connectivity index (χ2v) is 5.93. The number of ether oxygens (including phenoxy) is 1. The molecular formula is C14H16N4O. The largest absolute Gasteiger partial charge is 0.379 e. The zero-order valence-electron chi connectivity index (χ0n) is 10.7. The van der Waals surface area contributed by atoms with Crippen molar-refractivity contribution in [3.8, 4) is 6.07 Å². The summed E-state index contributed by atoms with van der Waals surface area (Å²) in [4.78, 5) is 10.9. The van der Waals surface area contributed by atoms with E-state index in [4.69, 9.17) is 10.00 Å². The molecule has 2 saturated heterocycles. The average Bonchev–Trinajstić information content (AvgIpc) is 2.97. The van der Waals surface area contributed by atoms with Gasteiger partial charge in [-0.3, -0.25) is 4.98 Å². The molecule has 3 heterocycles. The average molecular weight is 256 g/mol. The Bertz CT molecular complexity index is 549. The summed E-state index contributed by atoms with van der Waals surface area (Å²) in [6.07, 6.45) is 7.23. The number of fused-ring (bicyclic) bond motifs is 2. The van der Waals surface area contributed by atoms with Gasteiger partial charge in [0, 0.05) is 12.5 Å². The third-order valence-corrected chi connectivity index (χ3v) is 5.10. The molecule has 1 spiro atoms. The Morgan fingerprint density at radius 1 is 1.37 bits per heavy atom. The molecule has 98 valence electrons. The molecule has 5 nitrogen and oxygen atoms in total. The number of anilines is 1. The van der Waals surface area contributed by atoms with Crippen LogP contribution in [-0.4, -0.2) is 35.8 Å². The summed E-state index contributed by atoms with van der Waals surface area (Å²) in [5.74, 6) is 1.47. The first-order valence-electron chi connectivity index (χ1n) is 6.89. The standard InChI is InChI=1S/C14H16N4O/c15-4-10-5-16-6-13(17-10)18-9-14(2-1-3-14)11-7-19-8-12(11)18/h5-6,11-12H,1-3,7-9H2. The van der Waals surface area contributed by atoms with E-state index < -0.39 is 0 Å². The maximum absolute atomic E-state index is 8.96. The normalized spacial score (nSPS) is 31.0. The molecule has 0 N–H and O–H groups in total. The van der Waals surface area contributed by atoms with Gasteiger partial charge in [-0.15, -0.1) is 0 Å². The fraction of sp³-hybridized carbons (Fsp3) is 0.643. The summed E-state index contributed by atoms with van der Waals surface area (Å²) in [6, 6.07) is 2.49. The maximum atomic E-state index is 8.96. The van der Waals surface area contributed by atoms with E-state index in [2.05, 4.69) is 20.9 Å². The van der Waals surface area contributed by atoms with Crippen LogP contribution in [0.25, 0.3) is 0 Å². The van der Waals surface area contributed by atoms with Gasteiger partial charge in [-0.25, -0.2) is 4.98 Å². The van der Waals surface area contributed by atoms with Crippen LogP contribution in [0.3, 0.4) is 0 Å². The lowest BCUT2D eigenvalue weighted by atomic mass is 9.62. The monoisotopic (exact) mass is 256 g/mol. The van der Waals surface area contributed by atoms with Crippen molar-refractivity contribution < 1.29 is 4.74 Å². The minimum Gasteiger partial charge on any atom is -0.379 e. The van der Waals surface area contributed by atoms with Gasteiger partial charge in [0.25, 0.3) is 0 Å². The van der Waals surface area contributed by atoms with E-state index in [9.17, 15) is 0 Å². The Balaban J connectivity index is 1.69. The molecule has 3 aliphatic rings. The van der Waals surface area contributed by atoms with Crippen molar-refractivity contribution in [2.75, 3.05) is 24.7 Å². The molecule has 19 heavy (non-hydrogen) atoms. The quantitative estimate of drug-likeness (QED) is 0.759. The van der Waals surface area contributed by atoms with E-state index in [0.717, 1.165) is 25.6 Å². The fourth-order valence-electron chi connectivity index (χ4n) is 3.97. The molecule has 0 bridgehead atoms. The Labute approximate surface area is 112 Å². The van der Waals surface area contributed by atoms with Crippen LogP contribution in [0.4, 0.5) is 5.82 Å². The number of hydrogen-bond acceptors (Lipinski definition) is 5. The highest BCUT2D eigenvalue weighted by Gasteiger charge is 2.57. The van der Waals surface area contributed by atoms with Crippen LogP contribution in [0.5, 0.6) is 0 Å².